The van der Waals surface area contributed by atoms with Crippen molar-refractivity contribution in [1.82, 2.24) is 20.2 Å². The van der Waals surface area contributed by atoms with Gasteiger partial charge in [0.15, 0.2) is 6.04 Å². The summed E-state index contributed by atoms with van der Waals surface area (Å²) in [5.41, 5.74) is 6.58. The summed E-state index contributed by atoms with van der Waals surface area (Å²) in [5, 5.41) is 12.7. The number of piperidine rings is 1. The van der Waals surface area contributed by atoms with Crippen molar-refractivity contribution in [2.45, 2.75) is 44.4 Å². The van der Waals surface area contributed by atoms with Gasteiger partial charge in [-0.1, -0.05) is 12.1 Å². The molecule has 9 nitrogen and oxygen atoms in total. The van der Waals surface area contributed by atoms with Crippen LogP contribution in [-0.4, -0.2) is 59.0 Å². The molecular formula is C20H29N6O3+. The van der Waals surface area contributed by atoms with Gasteiger partial charge in [0, 0.05) is 25.4 Å². The number of nitrogens with zero attached hydrogens (tertiary/aromatic N) is 4. The van der Waals surface area contributed by atoms with E-state index in [1.807, 2.05) is 22.9 Å². The average molecular weight is 401 g/mol. The van der Waals surface area contributed by atoms with Gasteiger partial charge < -0.3 is 20.1 Å². The number of quaternary nitrogens is 1. The molecule has 0 radical (unpaired) electrons. The summed E-state index contributed by atoms with van der Waals surface area (Å²) in [6.07, 6.45) is 3.78. The highest BCUT2D eigenvalue weighted by Crippen LogP contribution is 2.28. The molecule has 3 heterocycles. The molecule has 2 aromatic rings. The fraction of sp³-hybridized carbons (Fsp3) is 0.600. The number of carbonyl (C=O) groups is 1. The maximum atomic E-state index is 11.6. The van der Waals surface area contributed by atoms with E-state index in [1.54, 1.807) is 7.11 Å². The largest absolute Gasteiger partial charge is 0.496 e. The minimum absolute atomic E-state index is 0.0556. The first-order chi connectivity index (χ1) is 14.2. The Labute approximate surface area is 170 Å². The molecule has 4 rings (SSSR count). The number of primary amides is 1. The Bertz CT molecular complexity index is 827. The van der Waals surface area contributed by atoms with Crippen LogP contribution in [0.5, 0.6) is 5.75 Å². The van der Waals surface area contributed by atoms with Gasteiger partial charge in [0.1, 0.15) is 5.75 Å². The van der Waals surface area contributed by atoms with E-state index in [-0.39, 0.29) is 24.0 Å². The number of para-hydroxylation sites is 1. The zero-order valence-corrected chi connectivity index (χ0v) is 16.8. The van der Waals surface area contributed by atoms with Crippen LogP contribution in [0.15, 0.2) is 24.3 Å². The molecule has 1 amide bonds. The van der Waals surface area contributed by atoms with Crippen LogP contribution in [0.3, 0.4) is 0 Å². The number of nitrogens with one attached hydrogen (secondary N) is 1. The van der Waals surface area contributed by atoms with Crippen LogP contribution in [0.1, 0.15) is 43.1 Å². The predicted octanol–water partition coefficient (Wildman–Crippen LogP) is -0.270. The Balaban J connectivity index is 1.66. The minimum Gasteiger partial charge on any atom is -0.496 e. The third-order valence-corrected chi connectivity index (χ3v) is 6.11. The molecule has 2 aliphatic heterocycles. The lowest BCUT2D eigenvalue weighted by Crippen LogP contribution is -3.13. The van der Waals surface area contributed by atoms with Crippen LogP contribution in [0.4, 0.5) is 0 Å². The normalized spacial score (nSPS) is 25.6. The molecule has 2 saturated heterocycles. The number of likely N-dealkylation sites (tertiary alicyclic amines) is 1. The zero-order valence-electron chi connectivity index (χ0n) is 16.8. The van der Waals surface area contributed by atoms with E-state index >= 15 is 0 Å². The van der Waals surface area contributed by atoms with Crippen molar-refractivity contribution in [3.05, 3.63) is 35.7 Å². The fourth-order valence-electron chi connectivity index (χ4n) is 4.54. The van der Waals surface area contributed by atoms with Gasteiger partial charge in [-0.2, -0.15) is 0 Å². The summed E-state index contributed by atoms with van der Waals surface area (Å²) in [5.74, 6) is 1.35. The van der Waals surface area contributed by atoms with Gasteiger partial charge >= 0.3 is 0 Å². The molecule has 156 valence electrons. The zero-order chi connectivity index (χ0) is 20.2. The molecule has 2 fully saturated rings. The fourth-order valence-corrected chi connectivity index (χ4v) is 4.54. The van der Waals surface area contributed by atoms with Crippen LogP contribution in [0.25, 0.3) is 0 Å². The van der Waals surface area contributed by atoms with E-state index in [4.69, 9.17) is 15.2 Å². The standard InChI is InChI=1S/C20H28N6O3/c1-28-17-7-3-2-6-16(17)18(25-10-8-14(9-11-25)19(21)27)20-22-23-24-26(20)13-15-5-4-12-29-15/h2-3,6-7,14-15,18H,4-5,8-13H2,1H3,(H2,21,27)/p+1/t15-,18-/m0/s1. The Kier molecular flexibility index (Phi) is 6.05. The van der Waals surface area contributed by atoms with Gasteiger partial charge in [-0.25, -0.2) is 4.68 Å². The number of tetrazole rings is 1. The van der Waals surface area contributed by atoms with E-state index in [1.165, 1.54) is 4.90 Å². The predicted molar refractivity (Wildman–Crippen MR) is 104 cm³/mol. The summed E-state index contributed by atoms with van der Waals surface area (Å²) in [6.45, 7) is 3.08. The smallest absolute Gasteiger partial charge is 0.220 e. The molecule has 0 unspecified atom stereocenters. The van der Waals surface area contributed by atoms with E-state index in [0.717, 1.165) is 62.5 Å². The molecule has 2 atom stereocenters. The number of benzene rings is 1. The number of nitrogens with two attached hydrogens (primary N) is 1. The molecule has 9 heteroatoms. The Hall–Kier alpha value is -2.52. The second-order valence-corrected chi connectivity index (χ2v) is 7.86. The van der Waals surface area contributed by atoms with Crippen LogP contribution in [0.2, 0.25) is 0 Å². The Morgan fingerprint density at radius 1 is 1.34 bits per heavy atom. The number of amides is 1. The number of rotatable bonds is 7. The first-order valence-electron chi connectivity index (χ1n) is 10.3. The quantitative estimate of drug-likeness (QED) is 0.661. The lowest BCUT2D eigenvalue weighted by atomic mass is 9.93. The number of ether oxygens (including phenoxy) is 2. The SMILES string of the molecule is COc1ccccc1[C@@H](c1nnnn1C[C@@H]1CCCO1)[NH+]1CCC(C(N)=O)CC1. The van der Waals surface area contributed by atoms with Crippen LogP contribution in [0, 0.1) is 5.92 Å². The number of hydrogen-bond acceptors (Lipinski definition) is 6. The third-order valence-electron chi connectivity index (χ3n) is 6.11. The summed E-state index contributed by atoms with van der Waals surface area (Å²) >= 11 is 0. The topological polar surface area (TPSA) is 110 Å². The van der Waals surface area contributed by atoms with Gasteiger partial charge in [-0.05, 0) is 35.4 Å². The van der Waals surface area contributed by atoms with Gasteiger partial charge in [0.25, 0.3) is 0 Å². The van der Waals surface area contributed by atoms with Crippen LogP contribution in [-0.2, 0) is 16.1 Å². The van der Waals surface area contributed by atoms with Gasteiger partial charge in [-0.3, -0.25) is 4.79 Å². The monoisotopic (exact) mass is 401 g/mol. The second kappa shape index (κ2) is 8.87. The van der Waals surface area contributed by atoms with Crippen molar-refractivity contribution in [3.8, 4) is 5.75 Å². The lowest BCUT2D eigenvalue weighted by Gasteiger charge is -2.34. The average Bonchev–Trinajstić information content (AvgIpc) is 3.42. The van der Waals surface area contributed by atoms with E-state index in [2.05, 4.69) is 21.6 Å². The minimum atomic E-state index is -0.207. The summed E-state index contributed by atoms with van der Waals surface area (Å²) in [4.78, 5) is 12.9. The first-order valence-corrected chi connectivity index (χ1v) is 10.3. The second-order valence-electron chi connectivity index (χ2n) is 7.86. The number of hydrogen-bond donors (Lipinski definition) is 2. The van der Waals surface area contributed by atoms with E-state index in [9.17, 15) is 4.79 Å². The first kappa shape index (κ1) is 19.8. The van der Waals surface area contributed by atoms with E-state index in [0.29, 0.717) is 6.54 Å². The molecule has 0 bridgehead atoms. The molecule has 3 N–H and O–H groups in total. The van der Waals surface area contributed by atoms with Crippen molar-refractivity contribution >= 4 is 5.91 Å². The molecule has 2 aliphatic rings. The molecule has 0 saturated carbocycles. The molecule has 1 aromatic heterocycles. The van der Waals surface area contributed by atoms with Gasteiger partial charge in [-0.15, -0.1) is 5.10 Å². The third kappa shape index (κ3) is 4.25. The highest BCUT2D eigenvalue weighted by molar-refractivity contribution is 5.76. The lowest BCUT2D eigenvalue weighted by molar-refractivity contribution is -0.931. The van der Waals surface area contributed by atoms with Crippen LogP contribution < -0.4 is 15.4 Å². The highest BCUT2D eigenvalue weighted by atomic mass is 16.5. The Morgan fingerprint density at radius 3 is 2.83 bits per heavy atom. The summed E-state index contributed by atoms with van der Waals surface area (Å²) in [7, 11) is 1.68. The number of carbonyl (C=O) groups excluding carboxylic acids is 1. The molecule has 0 spiro atoms. The Morgan fingerprint density at radius 2 is 2.14 bits per heavy atom. The van der Waals surface area contributed by atoms with Crippen molar-refractivity contribution in [1.29, 1.82) is 0 Å². The van der Waals surface area contributed by atoms with E-state index < -0.39 is 0 Å². The summed E-state index contributed by atoms with van der Waals surface area (Å²) < 4.78 is 13.3. The van der Waals surface area contributed by atoms with Gasteiger partial charge in [0.05, 0.1) is 38.4 Å². The van der Waals surface area contributed by atoms with Crippen molar-refractivity contribution in [3.63, 3.8) is 0 Å². The van der Waals surface area contributed by atoms with Crippen LogP contribution >= 0.6 is 0 Å². The van der Waals surface area contributed by atoms with Crippen molar-refractivity contribution < 1.29 is 19.2 Å². The van der Waals surface area contributed by atoms with Gasteiger partial charge in [0.2, 0.25) is 11.7 Å². The maximum Gasteiger partial charge on any atom is 0.220 e. The highest BCUT2D eigenvalue weighted by Gasteiger charge is 2.37. The number of methoxy groups -OCH3 is 1. The number of aromatic nitrogens is 4. The molecule has 29 heavy (non-hydrogen) atoms. The maximum absolute atomic E-state index is 11.6. The van der Waals surface area contributed by atoms with Crippen molar-refractivity contribution in [2.24, 2.45) is 11.7 Å². The molecule has 0 aliphatic carbocycles. The van der Waals surface area contributed by atoms with Crippen molar-refractivity contribution in [2.75, 3.05) is 26.8 Å². The molecule has 1 aromatic carbocycles. The summed E-state index contributed by atoms with van der Waals surface area (Å²) in [6, 6.07) is 7.92. The molecular weight excluding hydrogens is 372 g/mol.